The van der Waals surface area contributed by atoms with Gasteiger partial charge in [-0.1, -0.05) is 29.8 Å². The van der Waals surface area contributed by atoms with E-state index in [1.807, 2.05) is 31.2 Å². The lowest BCUT2D eigenvalue weighted by atomic mass is 10.2. The standard InChI is InChI=1S/C10H14O3/c1-8-2-4-9(5-3-8)7-13-10(12)6-11/h2-5,10-12H,6-7H2,1H3. The van der Waals surface area contributed by atoms with E-state index >= 15 is 0 Å². The van der Waals surface area contributed by atoms with E-state index in [9.17, 15) is 0 Å². The minimum Gasteiger partial charge on any atom is -0.391 e. The van der Waals surface area contributed by atoms with Crippen molar-refractivity contribution in [1.82, 2.24) is 0 Å². The summed E-state index contributed by atoms with van der Waals surface area (Å²) in [4.78, 5) is 0. The molecule has 1 unspecified atom stereocenters. The summed E-state index contributed by atoms with van der Waals surface area (Å²) in [7, 11) is 0. The molecule has 0 aliphatic carbocycles. The first kappa shape index (κ1) is 10.2. The van der Waals surface area contributed by atoms with Crippen LogP contribution in [0.15, 0.2) is 24.3 Å². The summed E-state index contributed by atoms with van der Waals surface area (Å²) in [5.41, 5.74) is 2.17. The lowest BCUT2D eigenvalue weighted by Gasteiger charge is -2.08. The molecule has 0 heterocycles. The topological polar surface area (TPSA) is 49.7 Å². The van der Waals surface area contributed by atoms with Crippen molar-refractivity contribution >= 4 is 0 Å². The molecule has 3 nitrogen and oxygen atoms in total. The highest BCUT2D eigenvalue weighted by Gasteiger charge is 2.00. The van der Waals surface area contributed by atoms with Crippen LogP contribution < -0.4 is 0 Å². The van der Waals surface area contributed by atoms with Gasteiger partial charge >= 0.3 is 0 Å². The molecule has 3 heteroatoms. The zero-order valence-electron chi connectivity index (χ0n) is 7.60. The van der Waals surface area contributed by atoms with Gasteiger partial charge in [0.2, 0.25) is 0 Å². The third kappa shape index (κ3) is 3.55. The van der Waals surface area contributed by atoms with E-state index in [0.29, 0.717) is 6.61 Å². The van der Waals surface area contributed by atoms with Gasteiger partial charge in [0.15, 0.2) is 6.29 Å². The molecule has 72 valence electrons. The Labute approximate surface area is 77.6 Å². The van der Waals surface area contributed by atoms with Crippen LogP contribution in [0.4, 0.5) is 0 Å². The number of benzene rings is 1. The average Bonchev–Trinajstić information content (AvgIpc) is 2.16. The second kappa shape index (κ2) is 4.97. The Morgan fingerprint density at radius 3 is 2.46 bits per heavy atom. The second-order valence-corrected chi connectivity index (χ2v) is 2.93. The maximum atomic E-state index is 8.90. The van der Waals surface area contributed by atoms with E-state index < -0.39 is 6.29 Å². The van der Waals surface area contributed by atoms with E-state index in [2.05, 4.69) is 0 Å². The Hall–Kier alpha value is -0.900. The summed E-state index contributed by atoms with van der Waals surface area (Å²) in [6, 6.07) is 7.81. The molecule has 1 aromatic rings. The third-order valence-corrected chi connectivity index (χ3v) is 1.72. The number of aryl methyl sites for hydroxylation is 1. The van der Waals surface area contributed by atoms with Crippen LogP contribution in [0.1, 0.15) is 11.1 Å². The second-order valence-electron chi connectivity index (χ2n) is 2.93. The van der Waals surface area contributed by atoms with Crippen LogP contribution in [-0.4, -0.2) is 23.1 Å². The number of hydrogen-bond acceptors (Lipinski definition) is 3. The molecule has 0 radical (unpaired) electrons. The molecule has 0 aliphatic heterocycles. The summed E-state index contributed by atoms with van der Waals surface area (Å²) in [5.74, 6) is 0. The first-order chi connectivity index (χ1) is 6.22. The predicted molar refractivity (Wildman–Crippen MR) is 49.1 cm³/mol. The van der Waals surface area contributed by atoms with Crippen molar-refractivity contribution in [2.75, 3.05) is 6.61 Å². The van der Waals surface area contributed by atoms with Gasteiger partial charge in [0.05, 0.1) is 13.2 Å². The normalized spacial score (nSPS) is 12.8. The van der Waals surface area contributed by atoms with Gasteiger partial charge in [-0.15, -0.1) is 0 Å². The molecule has 0 aromatic heterocycles. The molecule has 1 rings (SSSR count). The maximum Gasteiger partial charge on any atom is 0.178 e. The van der Waals surface area contributed by atoms with E-state index in [1.165, 1.54) is 5.56 Å². The number of aliphatic hydroxyl groups excluding tert-OH is 2. The zero-order valence-corrected chi connectivity index (χ0v) is 7.60. The molecule has 0 amide bonds. The Morgan fingerprint density at radius 2 is 1.92 bits per heavy atom. The summed E-state index contributed by atoms with van der Waals surface area (Å²) in [6.45, 7) is 1.96. The Kier molecular flexibility index (Phi) is 3.89. The lowest BCUT2D eigenvalue weighted by molar-refractivity contribution is -0.132. The summed E-state index contributed by atoms with van der Waals surface area (Å²) < 4.78 is 4.92. The van der Waals surface area contributed by atoms with Gasteiger partial charge in [-0.05, 0) is 12.5 Å². The molecule has 0 aliphatic rings. The van der Waals surface area contributed by atoms with E-state index in [4.69, 9.17) is 14.9 Å². The summed E-state index contributed by atoms with van der Waals surface area (Å²) in [6.07, 6.45) is -1.08. The molecule has 1 aromatic carbocycles. The van der Waals surface area contributed by atoms with Gasteiger partial charge < -0.3 is 14.9 Å². The highest BCUT2D eigenvalue weighted by atomic mass is 16.6. The van der Waals surface area contributed by atoms with E-state index in [0.717, 1.165) is 5.56 Å². The van der Waals surface area contributed by atoms with Crippen LogP contribution in [0.2, 0.25) is 0 Å². The summed E-state index contributed by atoms with van der Waals surface area (Å²) in [5, 5.41) is 17.4. The zero-order chi connectivity index (χ0) is 9.68. The smallest absolute Gasteiger partial charge is 0.178 e. The van der Waals surface area contributed by atoms with Gasteiger partial charge in [0.1, 0.15) is 0 Å². The molecule has 1 atom stereocenters. The molecule has 0 saturated heterocycles. The van der Waals surface area contributed by atoms with Crippen LogP contribution >= 0.6 is 0 Å². The first-order valence-electron chi connectivity index (χ1n) is 4.18. The first-order valence-corrected chi connectivity index (χ1v) is 4.18. The number of ether oxygens (including phenoxy) is 1. The minimum atomic E-state index is -1.08. The third-order valence-electron chi connectivity index (χ3n) is 1.72. The van der Waals surface area contributed by atoms with Gasteiger partial charge in [0, 0.05) is 0 Å². The molecule has 0 bridgehead atoms. The molecule has 2 N–H and O–H groups in total. The van der Waals surface area contributed by atoms with Crippen molar-refractivity contribution in [3.05, 3.63) is 35.4 Å². The summed E-state index contributed by atoms with van der Waals surface area (Å²) >= 11 is 0. The van der Waals surface area contributed by atoms with Crippen molar-refractivity contribution in [2.45, 2.75) is 19.8 Å². The van der Waals surface area contributed by atoms with Crippen LogP contribution in [0.25, 0.3) is 0 Å². The van der Waals surface area contributed by atoms with Crippen LogP contribution in [0.5, 0.6) is 0 Å². The quantitative estimate of drug-likeness (QED) is 0.678. The van der Waals surface area contributed by atoms with Crippen molar-refractivity contribution in [3.8, 4) is 0 Å². The fourth-order valence-corrected chi connectivity index (χ4v) is 0.929. The fourth-order valence-electron chi connectivity index (χ4n) is 0.929. The minimum absolute atomic E-state index is 0.321. The van der Waals surface area contributed by atoms with Gasteiger partial charge in [0.25, 0.3) is 0 Å². The number of aliphatic hydroxyl groups is 2. The highest BCUT2D eigenvalue weighted by Crippen LogP contribution is 2.05. The lowest BCUT2D eigenvalue weighted by Crippen LogP contribution is -2.15. The van der Waals surface area contributed by atoms with Gasteiger partial charge in [-0.25, -0.2) is 0 Å². The Bertz CT molecular complexity index is 243. The van der Waals surface area contributed by atoms with Crippen LogP contribution in [0, 0.1) is 6.92 Å². The SMILES string of the molecule is Cc1ccc(COC(O)CO)cc1. The maximum absolute atomic E-state index is 8.90. The number of rotatable bonds is 4. The van der Waals surface area contributed by atoms with Crippen LogP contribution in [-0.2, 0) is 11.3 Å². The van der Waals surface area contributed by atoms with E-state index in [1.54, 1.807) is 0 Å². The molecular formula is C10H14O3. The predicted octanol–water partition coefficient (Wildman–Crippen LogP) is 0.822. The molecular weight excluding hydrogens is 168 g/mol. The van der Waals surface area contributed by atoms with Crippen molar-refractivity contribution in [1.29, 1.82) is 0 Å². The Morgan fingerprint density at radius 1 is 1.31 bits per heavy atom. The number of hydrogen-bond donors (Lipinski definition) is 2. The fraction of sp³-hybridized carbons (Fsp3) is 0.400. The largest absolute Gasteiger partial charge is 0.391 e. The molecule has 0 saturated carbocycles. The Balaban J connectivity index is 2.41. The van der Waals surface area contributed by atoms with E-state index in [-0.39, 0.29) is 6.61 Å². The van der Waals surface area contributed by atoms with Crippen molar-refractivity contribution < 1.29 is 14.9 Å². The molecule has 13 heavy (non-hydrogen) atoms. The van der Waals surface area contributed by atoms with Crippen LogP contribution in [0.3, 0.4) is 0 Å². The van der Waals surface area contributed by atoms with Crippen molar-refractivity contribution in [2.24, 2.45) is 0 Å². The molecule has 0 fully saturated rings. The highest BCUT2D eigenvalue weighted by molar-refractivity contribution is 5.20. The van der Waals surface area contributed by atoms with Crippen molar-refractivity contribution in [3.63, 3.8) is 0 Å². The monoisotopic (exact) mass is 182 g/mol. The van der Waals surface area contributed by atoms with Gasteiger partial charge in [-0.3, -0.25) is 0 Å². The van der Waals surface area contributed by atoms with Gasteiger partial charge in [-0.2, -0.15) is 0 Å². The average molecular weight is 182 g/mol. The molecule has 0 spiro atoms.